The Morgan fingerprint density at radius 1 is 1.15 bits per heavy atom. The van der Waals surface area contributed by atoms with Gasteiger partial charge in [-0.05, 0) is 63.1 Å². The Kier molecular flexibility index (Phi) is 8.23. The maximum Gasteiger partial charge on any atom is 0.410 e. The highest BCUT2D eigenvalue weighted by atomic mass is 35.5. The molecule has 1 aliphatic rings. The number of benzene rings is 2. The number of halogens is 2. The lowest BCUT2D eigenvalue weighted by Crippen LogP contribution is -2.45. The molecule has 39 heavy (non-hydrogen) atoms. The van der Waals surface area contributed by atoms with E-state index in [0.29, 0.717) is 39.4 Å². The Balaban J connectivity index is 1.59. The molecule has 0 spiro atoms. The second-order valence-corrected chi connectivity index (χ2v) is 11.1. The van der Waals surface area contributed by atoms with Crippen LogP contribution >= 0.6 is 23.2 Å². The van der Waals surface area contributed by atoms with Crippen LogP contribution in [0.1, 0.15) is 26.3 Å². The summed E-state index contributed by atoms with van der Waals surface area (Å²) in [5.41, 5.74) is 2.38. The normalized spacial score (nSPS) is 17.2. The van der Waals surface area contributed by atoms with Gasteiger partial charge in [0.15, 0.2) is 0 Å². The average molecular weight is 572 g/mol. The van der Waals surface area contributed by atoms with Gasteiger partial charge in [-0.25, -0.2) is 14.8 Å². The van der Waals surface area contributed by atoms with Crippen molar-refractivity contribution in [2.75, 3.05) is 25.5 Å². The zero-order valence-corrected chi connectivity index (χ0v) is 24.0. The van der Waals surface area contributed by atoms with Gasteiger partial charge < -0.3 is 25.0 Å². The highest BCUT2D eigenvalue weighted by Crippen LogP contribution is 2.43. The Morgan fingerprint density at radius 3 is 2.54 bits per heavy atom. The molecule has 4 rings (SSSR count). The van der Waals surface area contributed by atoms with Crippen LogP contribution in [0.25, 0.3) is 22.0 Å². The molecule has 2 unspecified atom stereocenters. The lowest BCUT2D eigenvalue weighted by atomic mass is 10.0. The first-order chi connectivity index (χ1) is 18.4. The minimum atomic E-state index is -0.638. The average Bonchev–Trinajstić information content (AvgIpc) is 3.27. The van der Waals surface area contributed by atoms with E-state index < -0.39 is 17.7 Å². The molecule has 206 valence electrons. The fourth-order valence-electron chi connectivity index (χ4n) is 4.38. The minimum Gasteiger partial charge on any atom is -0.495 e. The van der Waals surface area contributed by atoms with Crippen LogP contribution in [-0.2, 0) is 9.53 Å². The van der Waals surface area contributed by atoms with Crippen molar-refractivity contribution in [3.05, 3.63) is 58.7 Å². The number of carbonyl (C=O) groups excluding carboxylic acids is 2. The number of hydrogen-bond acceptors (Lipinski definition) is 7. The summed E-state index contributed by atoms with van der Waals surface area (Å²) >= 11 is 13.2. The van der Waals surface area contributed by atoms with Gasteiger partial charge in [0.25, 0.3) is 0 Å². The van der Waals surface area contributed by atoms with E-state index >= 15 is 0 Å². The molecule has 11 heteroatoms. The number of nitrogens with one attached hydrogen (secondary N) is 2. The standard InChI is InChI=1S/C28H31Cl2N5O4/c1-7-22(36)32-19-13-35(27(37)39-28(3,4)5)14-20(19)34-26-31-12-17-11-16(8-9-18(17)33-26)23-24(29)15(2)10-21(38-6)25(23)30/h7-12,19-20H,1,13-14H2,2-6H3,(H,32,36)(H,31,33,34). The molecule has 2 amide bonds. The van der Waals surface area contributed by atoms with Gasteiger partial charge in [-0.15, -0.1) is 0 Å². The number of aryl methyl sites for hydroxylation is 1. The molecule has 2 aromatic carbocycles. The largest absolute Gasteiger partial charge is 0.495 e. The van der Waals surface area contributed by atoms with Crippen LogP contribution < -0.4 is 15.4 Å². The number of rotatable bonds is 6. The zero-order valence-electron chi connectivity index (χ0n) is 22.5. The Bertz CT molecular complexity index is 1440. The highest BCUT2D eigenvalue weighted by Gasteiger charge is 2.38. The van der Waals surface area contributed by atoms with E-state index in [9.17, 15) is 9.59 Å². The molecule has 1 saturated heterocycles. The van der Waals surface area contributed by atoms with E-state index in [1.807, 2.05) is 25.1 Å². The van der Waals surface area contributed by atoms with Crippen LogP contribution in [0.3, 0.4) is 0 Å². The number of hydrogen-bond donors (Lipinski definition) is 2. The van der Waals surface area contributed by atoms with Crippen LogP contribution in [0.2, 0.25) is 10.0 Å². The zero-order chi connectivity index (χ0) is 28.5. The quantitative estimate of drug-likeness (QED) is 0.369. The molecule has 2 N–H and O–H groups in total. The molecule has 0 bridgehead atoms. The summed E-state index contributed by atoms with van der Waals surface area (Å²) in [6.07, 6.45) is 2.43. The monoisotopic (exact) mass is 571 g/mol. The number of likely N-dealkylation sites (tertiary alicyclic amines) is 1. The second kappa shape index (κ2) is 11.3. The fourth-order valence-corrected chi connectivity index (χ4v) is 5.02. The first-order valence-corrected chi connectivity index (χ1v) is 13.1. The number of ether oxygens (including phenoxy) is 2. The summed E-state index contributed by atoms with van der Waals surface area (Å²) in [5, 5.41) is 7.89. The molecule has 3 aromatic rings. The molecule has 1 aliphatic heterocycles. The van der Waals surface area contributed by atoms with Crippen molar-refractivity contribution in [2.45, 2.75) is 45.4 Å². The predicted octanol–water partition coefficient (Wildman–Crippen LogP) is 5.62. The molecule has 0 saturated carbocycles. The Labute approximate surface area is 237 Å². The predicted molar refractivity (Wildman–Crippen MR) is 154 cm³/mol. The van der Waals surface area contributed by atoms with Crippen molar-refractivity contribution in [2.24, 2.45) is 0 Å². The van der Waals surface area contributed by atoms with E-state index in [2.05, 4.69) is 27.2 Å². The maximum atomic E-state index is 12.7. The molecule has 2 heterocycles. The SMILES string of the molecule is C=CC(=O)NC1CN(C(=O)OC(C)(C)C)CC1Nc1ncc2cc(-c3c(Cl)c(C)cc(OC)c3Cl)ccc2n1. The lowest BCUT2D eigenvalue weighted by Gasteiger charge is -2.24. The van der Waals surface area contributed by atoms with Crippen molar-refractivity contribution >= 4 is 52.1 Å². The van der Waals surface area contributed by atoms with E-state index in [0.717, 1.165) is 16.5 Å². The third-order valence-electron chi connectivity index (χ3n) is 6.24. The van der Waals surface area contributed by atoms with Gasteiger partial charge in [-0.2, -0.15) is 0 Å². The number of methoxy groups -OCH3 is 1. The fraction of sp³-hybridized carbons (Fsp3) is 0.357. The van der Waals surface area contributed by atoms with Gasteiger partial charge >= 0.3 is 6.09 Å². The van der Waals surface area contributed by atoms with Crippen molar-refractivity contribution in [1.29, 1.82) is 0 Å². The summed E-state index contributed by atoms with van der Waals surface area (Å²) < 4.78 is 10.9. The Morgan fingerprint density at radius 2 is 1.87 bits per heavy atom. The molecular formula is C28H31Cl2N5O4. The first kappa shape index (κ1) is 28.4. The molecule has 1 aromatic heterocycles. The minimum absolute atomic E-state index is 0.268. The van der Waals surface area contributed by atoms with Gasteiger partial charge in [0.2, 0.25) is 11.9 Å². The van der Waals surface area contributed by atoms with E-state index in [4.69, 9.17) is 32.7 Å². The summed E-state index contributed by atoms with van der Waals surface area (Å²) in [4.78, 5) is 35.4. The number of anilines is 1. The lowest BCUT2D eigenvalue weighted by molar-refractivity contribution is -0.117. The first-order valence-electron chi connectivity index (χ1n) is 12.4. The highest BCUT2D eigenvalue weighted by molar-refractivity contribution is 6.40. The number of aromatic nitrogens is 2. The van der Waals surface area contributed by atoms with Gasteiger partial charge in [0.05, 0.1) is 34.8 Å². The molecule has 9 nitrogen and oxygen atoms in total. The number of carbonyl (C=O) groups is 2. The summed E-state index contributed by atoms with van der Waals surface area (Å²) in [6.45, 7) is 11.4. The van der Waals surface area contributed by atoms with Crippen molar-refractivity contribution in [3.63, 3.8) is 0 Å². The third kappa shape index (κ3) is 6.37. The third-order valence-corrected chi connectivity index (χ3v) is 7.10. The van der Waals surface area contributed by atoms with Crippen LogP contribution in [-0.4, -0.2) is 64.8 Å². The van der Waals surface area contributed by atoms with Gasteiger partial charge in [0.1, 0.15) is 11.4 Å². The van der Waals surface area contributed by atoms with E-state index in [1.54, 1.807) is 45.0 Å². The molecule has 0 aliphatic carbocycles. The van der Waals surface area contributed by atoms with Crippen molar-refractivity contribution in [1.82, 2.24) is 20.2 Å². The van der Waals surface area contributed by atoms with Gasteiger partial charge in [-0.1, -0.05) is 35.8 Å². The Hall–Kier alpha value is -3.56. The summed E-state index contributed by atoms with van der Waals surface area (Å²) in [7, 11) is 1.56. The number of fused-ring (bicyclic) bond motifs is 1. The van der Waals surface area contributed by atoms with E-state index in [-0.39, 0.29) is 18.5 Å². The number of nitrogens with zero attached hydrogens (tertiary/aromatic N) is 3. The maximum absolute atomic E-state index is 12.7. The van der Waals surface area contributed by atoms with Crippen LogP contribution in [0, 0.1) is 6.92 Å². The molecular weight excluding hydrogens is 541 g/mol. The number of amides is 2. The van der Waals surface area contributed by atoms with Gasteiger partial charge in [0, 0.05) is 30.2 Å². The molecule has 1 fully saturated rings. The van der Waals surface area contributed by atoms with Crippen molar-refractivity contribution in [3.8, 4) is 16.9 Å². The van der Waals surface area contributed by atoms with Crippen molar-refractivity contribution < 1.29 is 19.1 Å². The summed E-state index contributed by atoms with van der Waals surface area (Å²) in [6, 6.07) is 6.71. The topological polar surface area (TPSA) is 106 Å². The smallest absolute Gasteiger partial charge is 0.410 e. The second-order valence-electron chi connectivity index (χ2n) is 10.3. The molecule has 2 atom stereocenters. The van der Waals surface area contributed by atoms with Crippen LogP contribution in [0.4, 0.5) is 10.7 Å². The molecule has 0 radical (unpaired) electrons. The van der Waals surface area contributed by atoms with Crippen LogP contribution in [0.15, 0.2) is 43.1 Å². The summed E-state index contributed by atoms with van der Waals surface area (Å²) in [5.74, 6) is 0.562. The van der Waals surface area contributed by atoms with Crippen LogP contribution in [0.5, 0.6) is 5.75 Å². The van der Waals surface area contributed by atoms with E-state index in [1.165, 1.54) is 6.08 Å². The van der Waals surface area contributed by atoms with Gasteiger partial charge in [-0.3, -0.25) is 4.79 Å².